The first-order valence-corrected chi connectivity index (χ1v) is 13.5. The largest absolute Gasteiger partial charge is 0.360 e. The van der Waals surface area contributed by atoms with Gasteiger partial charge in [0.1, 0.15) is 5.25 Å². The maximum Gasteiger partial charge on any atom is 0.182 e. The van der Waals surface area contributed by atoms with Crippen molar-refractivity contribution in [2.45, 2.75) is 24.3 Å². The zero-order valence-electron chi connectivity index (χ0n) is 21.2. The number of para-hydroxylation sites is 1. The summed E-state index contributed by atoms with van der Waals surface area (Å²) in [6, 6.07) is 34.7. The fourth-order valence-corrected chi connectivity index (χ4v) is 5.74. The van der Waals surface area contributed by atoms with Crippen LogP contribution >= 0.6 is 11.8 Å². The van der Waals surface area contributed by atoms with Crippen LogP contribution in [-0.2, 0) is 0 Å². The van der Waals surface area contributed by atoms with Crippen LogP contribution in [0.2, 0.25) is 0 Å². The second-order valence-corrected chi connectivity index (χ2v) is 10.6. The first kappa shape index (κ1) is 24.0. The van der Waals surface area contributed by atoms with Crippen molar-refractivity contribution in [3.63, 3.8) is 0 Å². The van der Waals surface area contributed by atoms with E-state index in [2.05, 4.69) is 72.3 Å². The second kappa shape index (κ2) is 10.2. The molecule has 38 heavy (non-hydrogen) atoms. The third-order valence-electron chi connectivity index (χ3n) is 6.77. The summed E-state index contributed by atoms with van der Waals surface area (Å²) < 4.78 is 0. The van der Waals surface area contributed by atoms with Crippen LogP contribution in [0.5, 0.6) is 0 Å². The average Bonchev–Trinajstić information content (AvgIpc) is 3.57. The van der Waals surface area contributed by atoms with E-state index in [9.17, 15) is 4.79 Å². The molecule has 2 N–H and O–H groups in total. The van der Waals surface area contributed by atoms with Crippen LogP contribution in [0.4, 0.5) is 0 Å². The zero-order chi connectivity index (χ0) is 26.1. The maximum absolute atomic E-state index is 14.0. The number of nitrogens with one attached hydrogen (secondary N) is 2. The van der Waals surface area contributed by atoms with Gasteiger partial charge in [-0.15, -0.1) is 0 Å². The van der Waals surface area contributed by atoms with Crippen LogP contribution in [0.1, 0.15) is 32.3 Å². The summed E-state index contributed by atoms with van der Waals surface area (Å²) in [5, 5.41) is 1.18. The number of thioether (sulfide) groups is 1. The van der Waals surface area contributed by atoms with Crippen molar-refractivity contribution in [1.29, 1.82) is 0 Å². The number of carbonyl (C=O) groups excluding carboxylic acids is 1. The standard InChI is InChI=1S/C33H27N3OS/c1-21-12-16-23(17-13-21)29-30(24-18-14-22(2)15-19-24)36-33(35-29)38-32(25-8-4-3-5-9-25)31(37)27-20-34-28-11-7-6-10-26(27)28/h3-20,32,34H,1-2H3,(H,35,36). The van der Waals surface area contributed by atoms with Crippen molar-refractivity contribution in [2.75, 3.05) is 0 Å². The quantitative estimate of drug-likeness (QED) is 0.166. The lowest BCUT2D eigenvalue weighted by atomic mass is 10.0. The maximum atomic E-state index is 14.0. The Hall–Kier alpha value is -4.35. The number of Topliss-reactive ketones (excluding diaryl/α,β-unsaturated/α-hetero) is 1. The van der Waals surface area contributed by atoms with E-state index in [0.717, 1.165) is 39.0 Å². The number of H-pyrrole nitrogens is 2. The van der Waals surface area contributed by atoms with Gasteiger partial charge in [0.15, 0.2) is 10.9 Å². The van der Waals surface area contributed by atoms with Crippen molar-refractivity contribution < 1.29 is 4.79 Å². The minimum atomic E-state index is -0.460. The summed E-state index contributed by atoms with van der Waals surface area (Å²) in [6.07, 6.45) is 1.82. The van der Waals surface area contributed by atoms with Crippen LogP contribution in [-0.4, -0.2) is 20.7 Å². The number of aromatic nitrogens is 3. The highest BCUT2D eigenvalue weighted by atomic mass is 32.2. The van der Waals surface area contributed by atoms with Gasteiger partial charge in [-0.3, -0.25) is 4.79 Å². The fourth-order valence-electron chi connectivity index (χ4n) is 4.69. The van der Waals surface area contributed by atoms with Gasteiger partial charge in [-0.25, -0.2) is 4.98 Å². The van der Waals surface area contributed by atoms with Gasteiger partial charge in [-0.05, 0) is 25.5 Å². The summed E-state index contributed by atoms with van der Waals surface area (Å²) in [5.74, 6) is 0.0452. The first-order valence-electron chi connectivity index (χ1n) is 12.6. The fraction of sp³-hybridized carbons (Fsp3) is 0.0909. The van der Waals surface area contributed by atoms with Crippen LogP contribution in [0.15, 0.2) is 114 Å². The van der Waals surface area contributed by atoms with Gasteiger partial charge in [0.25, 0.3) is 0 Å². The number of benzene rings is 4. The highest BCUT2D eigenvalue weighted by Gasteiger charge is 2.27. The minimum Gasteiger partial charge on any atom is -0.360 e. The Morgan fingerprint density at radius 1 is 0.763 bits per heavy atom. The number of rotatable bonds is 7. The number of hydrogen-bond acceptors (Lipinski definition) is 3. The number of ketones is 1. The summed E-state index contributed by atoms with van der Waals surface area (Å²) in [5.41, 5.74) is 8.90. The molecule has 0 aliphatic heterocycles. The van der Waals surface area contributed by atoms with Gasteiger partial charge in [0, 0.05) is 33.8 Å². The van der Waals surface area contributed by atoms with Crippen LogP contribution < -0.4 is 0 Å². The third kappa shape index (κ3) is 4.69. The monoisotopic (exact) mass is 513 g/mol. The number of fused-ring (bicyclic) bond motifs is 1. The molecular formula is C33H27N3OS. The van der Waals surface area contributed by atoms with E-state index in [0.29, 0.717) is 10.7 Å². The molecule has 5 heteroatoms. The van der Waals surface area contributed by atoms with Crippen molar-refractivity contribution in [2.24, 2.45) is 0 Å². The Kier molecular flexibility index (Phi) is 6.44. The Bertz CT molecular complexity index is 1650. The summed E-state index contributed by atoms with van der Waals surface area (Å²) >= 11 is 1.46. The van der Waals surface area contributed by atoms with Gasteiger partial charge in [0.2, 0.25) is 0 Å². The number of hydrogen-bond donors (Lipinski definition) is 2. The molecule has 2 heterocycles. The smallest absolute Gasteiger partial charge is 0.182 e. The van der Waals surface area contributed by atoms with Crippen LogP contribution in [0.3, 0.4) is 0 Å². The Balaban J connectivity index is 1.44. The Labute approximate surface area is 226 Å². The number of aryl methyl sites for hydroxylation is 2. The molecular weight excluding hydrogens is 486 g/mol. The number of aromatic amines is 2. The minimum absolute atomic E-state index is 0.0452. The summed E-state index contributed by atoms with van der Waals surface area (Å²) in [6.45, 7) is 4.16. The Morgan fingerprint density at radius 3 is 2.11 bits per heavy atom. The molecule has 0 fully saturated rings. The number of imidazole rings is 1. The molecule has 6 rings (SSSR count). The van der Waals surface area contributed by atoms with E-state index >= 15 is 0 Å². The molecule has 1 atom stereocenters. The molecule has 186 valence electrons. The lowest BCUT2D eigenvalue weighted by Crippen LogP contribution is -2.10. The highest BCUT2D eigenvalue weighted by molar-refractivity contribution is 8.00. The van der Waals surface area contributed by atoms with E-state index in [1.165, 1.54) is 22.9 Å². The highest BCUT2D eigenvalue weighted by Crippen LogP contribution is 2.41. The molecule has 6 aromatic rings. The SMILES string of the molecule is Cc1ccc(-c2nc(SC(C(=O)c3c[nH]c4ccccc34)c3ccccc3)[nH]c2-c2ccc(C)cc2)cc1. The predicted octanol–water partition coefficient (Wildman–Crippen LogP) is 8.56. The van der Waals surface area contributed by atoms with Crippen molar-refractivity contribution in [1.82, 2.24) is 15.0 Å². The molecule has 0 aliphatic carbocycles. The second-order valence-electron chi connectivity index (χ2n) is 9.52. The van der Waals surface area contributed by atoms with Crippen LogP contribution in [0, 0.1) is 13.8 Å². The molecule has 0 aliphatic rings. The third-order valence-corrected chi connectivity index (χ3v) is 7.91. The van der Waals surface area contributed by atoms with E-state index in [1.54, 1.807) is 0 Å². The van der Waals surface area contributed by atoms with E-state index in [1.807, 2.05) is 60.8 Å². The summed E-state index contributed by atoms with van der Waals surface area (Å²) in [7, 11) is 0. The van der Waals surface area contributed by atoms with Gasteiger partial charge < -0.3 is 9.97 Å². The van der Waals surface area contributed by atoms with Crippen molar-refractivity contribution in [3.05, 3.63) is 132 Å². The number of nitrogens with zero attached hydrogens (tertiary/aromatic N) is 1. The van der Waals surface area contributed by atoms with Gasteiger partial charge in [-0.1, -0.05) is 120 Å². The molecule has 0 amide bonds. The zero-order valence-corrected chi connectivity index (χ0v) is 22.0. The van der Waals surface area contributed by atoms with E-state index in [-0.39, 0.29) is 5.78 Å². The normalized spacial score (nSPS) is 12.1. The summed E-state index contributed by atoms with van der Waals surface area (Å²) in [4.78, 5) is 25.9. The molecule has 0 saturated heterocycles. The molecule has 0 radical (unpaired) electrons. The van der Waals surface area contributed by atoms with Crippen LogP contribution in [0.25, 0.3) is 33.4 Å². The van der Waals surface area contributed by atoms with Crippen molar-refractivity contribution in [3.8, 4) is 22.5 Å². The molecule has 1 unspecified atom stereocenters. The molecule has 4 nitrogen and oxygen atoms in total. The van der Waals surface area contributed by atoms with E-state index < -0.39 is 5.25 Å². The van der Waals surface area contributed by atoms with Gasteiger partial charge >= 0.3 is 0 Å². The lowest BCUT2D eigenvalue weighted by Gasteiger charge is -2.14. The number of carbonyl (C=O) groups is 1. The first-order chi connectivity index (χ1) is 18.6. The molecule has 0 bridgehead atoms. The average molecular weight is 514 g/mol. The molecule has 4 aromatic carbocycles. The predicted molar refractivity (Wildman–Crippen MR) is 157 cm³/mol. The molecule has 2 aromatic heterocycles. The topological polar surface area (TPSA) is 61.5 Å². The molecule has 0 spiro atoms. The van der Waals surface area contributed by atoms with Crippen molar-refractivity contribution >= 4 is 28.4 Å². The Morgan fingerprint density at radius 2 is 1.39 bits per heavy atom. The lowest BCUT2D eigenvalue weighted by molar-refractivity contribution is 0.0991. The van der Waals surface area contributed by atoms with E-state index in [4.69, 9.17) is 4.98 Å². The molecule has 0 saturated carbocycles. The van der Waals surface area contributed by atoms with Gasteiger partial charge in [0.05, 0.1) is 11.4 Å². The van der Waals surface area contributed by atoms with Gasteiger partial charge in [-0.2, -0.15) is 0 Å².